The summed E-state index contributed by atoms with van der Waals surface area (Å²) in [5.41, 5.74) is 2.57. The Kier molecular flexibility index (Phi) is 4.78. The summed E-state index contributed by atoms with van der Waals surface area (Å²) in [6.07, 6.45) is 1.58. The summed E-state index contributed by atoms with van der Waals surface area (Å²) >= 11 is 0. The number of carbonyl (C=O) groups excluding carboxylic acids is 1. The van der Waals surface area contributed by atoms with Crippen LogP contribution >= 0.6 is 0 Å². The average molecular weight is 315 g/mol. The molecule has 0 aliphatic heterocycles. The van der Waals surface area contributed by atoms with E-state index in [9.17, 15) is 9.59 Å². The van der Waals surface area contributed by atoms with Crippen LogP contribution < -0.4 is 10.9 Å². The Morgan fingerprint density at radius 1 is 1.35 bits per heavy atom. The smallest absolute Gasteiger partial charge is 0.258 e. The first kappa shape index (κ1) is 16.7. The van der Waals surface area contributed by atoms with Gasteiger partial charge in [0, 0.05) is 23.5 Å². The molecule has 0 radical (unpaired) electrons. The van der Waals surface area contributed by atoms with Crippen LogP contribution in [0.4, 0.5) is 0 Å². The first-order valence-corrected chi connectivity index (χ1v) is 7.34. The lowest BCUT2D eigenvalue weighted by molar-refractivity contribution is -0.121. The van der Waals surface area contributed by atoms with E-state index in [2.05, 4.69) is 22.0 Å². The van der Waals surface area contributed by atoms with E-state index < -0.39 is 0 Å². The summed E-state index contributed by atoms with van der Waals surface area (Å²) in [5.74, 6) is 0.0669. The fourth-order valence-electron chi connectivity index (χ4n) is 2.26. The molecule has 2 aromatic heterocycles. The molecular formula is C16H21N5O2. The zero-order valence-corrected chi connectivity index (χ0v) is 13.9. The molecule has 0 unspecified atom stereocenters. The molecule has 0 bridgehead atoms. The number of hydrogen-bond acceptors (Lipinski definition) is 4. The maximum Gasteiger partial charge on any atom is 0.258 e. The topological polar surface area (TPSA) is 81.8 Å². The van der Waals surface area contributed by atoms with Gasteiger partial charge in [0.2, 0.25) is 11.9 Å². The number of aromatic nitrogens is 4. The van der Waals surface area contributed by atoms with Crippen molar-refractivity contribution in [1.82, 2.24) is 24.6 Å². The predicted molar refractivity (Wildman–Crippen MR) is 87.8 cm³/mol. The number of aryl methyl sites for hydroxylation is 3. The Morgan fingerprint density at radius 3 is 2.61 bits per heavy atom. The first-order chi connectivity index (χ1) is 10.8. The minimum Gasteiger partial charge on any atom is -0.351 e. The van der Waals surface area contributed by atoms with Gasteiger partial charge in [-0.05, 0) is 33.8 Å². The summed E-state index contributed by atoms with van der Waals surface area (Å²) in [6.45, 7) is 11.0. The maximum absolute atomic E-state index is 12.6. The van der Waals surface area contributed by atoms with Gasteiger partial charge in [-0.15, -0.1) is 6.58 Å². The third kappa shape index (κ3) is 3.39. The van der Waals surface area contributed by atoms with Gasteiger partial charge < -0.3 is 5.32 Å². The van der Waals surface area contributed by atoms with Crippen molar-refractivity contribution in [2.24, 2.45) is 0 Å². The van der Waals surface area contributed by atoms with Crippen molar-refractivity contribution in [2.45, 2.75) is 34.2 Å². The lowest BCUT2D eigenvalue weighted by atomic mass is 10.2. The molecule has 7 nitrogen and oxygen atoms in total. The third-order valence-corrected chi connectivity index (χ3v) is 3.56. The standard InChI is InChI=1S/C16H21N5O2/c1-6-7-17-14(22)9-20-15(23)12(4)13(5)18-16(20)21-11(3)8-10(2)19-21/h6,8H,1,7,9H2,2-5H3,(H,17,22). The second kappa shape index (κ2) is 6.60. The molecule has 1 amide bonds. The highest BCUT2D eigenvalue weighted by atomic mass is 16.2. The third-order valence-electron chi connectivity index (χ3n) is 3.56. The monoisotopic (exact) mass is 315 g/mol. The SMILES string of the molecule is C=CCNC(=O)Cn1c(-n2nc(C)cc2C)nc(C)c(C)c1=O. The van der Waals surface area contributed by atoms with Crippen LogP contribution in [0.5, 0.6) is 0 Å². The Balaban J connectivity index is 2.57. The predicted octanol–water partition coefficient (Wildman–Crippen LogP) is 0.965. The van der Waals surface area contributed by atoms with Gasteiger partial charge in [-0.3, -0.25) is 14.2 Å². The molecule has 2 heterocycles. The minimum absolute atomic E-state index is 0.117. The van der Waals surface area contributed by atoms with E-state index in [4.69, 9.17) is 0 Å². The molecule has 2 rings (SSSR count). The molecule has 0 saturated heterocycles. The van der Waals surface area contributed by atoms with Crippen LogP contribution in [0.2, 0.25) is 0 Å². The Labute approximate surface area is 134 Å². The molecular weight excluding hydrogens is 294 g/mol. The zero-order chi connectivity index (χ0) is 17.1. The number of amides is 1. The Hall–Kier alpha value is -2.70. The van der Waals surface area contributed by atoms with Crippen LogP contribution in [0.1, 0.15) is 22.6 Å². The van der Waals surface area contributed by atoms with E-state index in [0.717, 1.165) is 11.4 Å². The van der Waals surface area contributed by atoms with Crippen LogP contribution in [0.3, 0.4) is 0 Å². The van der Waals surface area contributed by atoms with E-state index in [1.165, 1.54) is 4.57 Å². The first-order valence-electron chi connectivity index (χ1n) is 7.34. The number of nitrogens with one attached hydrogen (secondary N) is 1. The molecule has 0 aliphatic carbocycles. The number of carbonyl (C=O) groups is 1. The lowest BCUT2D eigenvalue weighted by Crippen LogP contribution is -2.36. The molecule has 0 saturated carbocycles. The van der Waals surface area contributed by atoms with E-state index in [-0.39, 0.29) is 18.0 Å². The summed E-state index contributed by atoms with van der Waals surface area (Å²) in [5, 5.41) is 7.04. The van der Waals surface area contributed by atoms with Crippen LogP contribution in [0.25, 0.3) is 5.95 Å². The molecule has 7 heteroatoms. The zero-order valence-electron chi connectivity index (χ0n) is 13.9. The van der Waals surface area contributed by atoms with Crippen LogP contribution in [0, 0.1) is 27.7 Å². The van der Waals surface area contributed by atoms with Gasteiger partial charge in [0.05, 0.1) is 5.69 Å². The van der Waals surface area contributed by atoms with Crippen molar-refractivity contribution in [3.8, 4) is 5.95 Å². The van der Waals surface area contributed by atoms with Crippen molar-refractivity contribution in [3.05, 3.63) is 51.7 Å². The fourth-order valence-corrected chi connectivity index (χ4v) is 2.26. The van der Waals surface area contributed by atoms with Crippen LogP contribution in [-0.2, 0) is 11.3 Å². The molecule has 0 fully saturated rings. The summed E-state index contributed by atoms with van der Waals surface area (Å²) < 4.78 is 2.93. The normalized spacial score (nSPS) is 10.6. The minimum atomic E-state index is -0.278. The fraction of sp³-hybridized carbons (Fsp3) is 0.375. The Morgan fingerprint density at radius 2 is 2.04 bits per heavy atom. The van der Waals surface area contributed by atoms with Gasteiger partial charge in [-0.1, -0.05) is 6.08 Å². The molecule has 1 N–H and O–H groups in total. The van der Waals surface area contributed by atoms with Gasteiger partial charge in [-0.25, -0.2) is 9.67 Å². The van der Waals surface area contributed by atoms with Crippen molar-refractivity contribution in [3.63, 3.8) is 0 Å². The maximum atomic E-state index is 12.6. The highest BCUT2D eigenvalue weighted by Crippen LogP contribution is 2.10. The highest BCUT2D eigenvalue weighted by molar-refractivity contribution is 5.76. The largest absolute Gasteiger partial charge is 0.351 e. The Bertz CT molecular complexity index is 817. The summed E-state index contributed by atoms with van der Waals surface area (Å²) in [7, 11) is 0. The lowest BCUT2D eigenvalue weighted by Gasteiger charge is -2.15. The highest BCUT2D eigenvalue weighted by Gasteiger charge is 2.17. The molecule has 122 valence electrons. The van der Waals surface area contributed by atoms with Gasteiger partial charge in [0.1, 0.15) is 6.54 Å². The van der Waals surface area contributed by atoms with Crippen molar-refractivity contribution >= 4 is 5.91 Å². The van der Waals surface area contributed by atoms with Gasteiger partial charge in [0.25, 0.3) is 5.56 Å². The van der Waals surface area contributed by atoms with Gasteiger partial charge in [-0.2, -0.15) is 5.10 Å². The molecule has 0 spiro atoms. The van der Waals surface area contributed by atoms with E-state index >= 15 is 0 Å². The number of nitrogens with zero attached hydrogens (tertiary/aromatic N) is 4. The number of rotatable bonds is 5. The summed E-state index contributed by atoms with van der Waals surface area (Å²) in [6, 6.07) is 1.89. The molecule has 0 aliphatic rings. The van der Waals surface area contributed by atoms with Crippen molar-refractivity contribution in [1.29, 1.82) is 0 Å². The second-order valence-corrected chi connectivity index (χ2v) is 5.45. The number of hydrogen-bond donors (Lipinski definition) is 1. The molecule has 23 heavy (non-hydrogen) atoms. The molecule has 2 aromatic rings. The van der Waals surface area contributed by atoms with Crippen molar-refractivity contribution < 1.29 is 4.79 Å². The van der Waals surface area contributed by atoms with E-state index in [0.29, 0.717) is 23.8 Å². The van der Waals surface area contributed by atoms with E-state index in [1.54, 1.807) is 24.6 Å². The van der Waals surface area contributed by atoms with Crippen LogP contribution in [0.15, 0.2) is 23.5 Å². The van der Waals surface area contributed by atoms with Gasteiger partial charge in [0.15, 0.2) is 0 Å². The van der Waals surface area contributed by atoms with Crippen molar-refractivity contribution in [2.75, 3.05) is 6.54 Å². The second-order valence-electron chi connectivity index (χ2n) is 5.45. The van der Waals surface area contributed by atoms with E-state index in [1.807, 2.05) is 19.9 Å². The van der Waals surface area contributed by atoms with Gasteiger partial charge >= 0.3 is 0 Å². The average Bonchev–Trinajstić information content (AvgIpc) is 2.84. The van der Waals surface area contributed by atoms with Crippen LogP contribution in [-0.4, -0.2) is 31.8 Å². The summed E-state index contributed by atoms with van der Waals surface area (Å²) in [4.78, 5) is 29.1. The molecule has 0 atom stereocenters. The molecule has 0 aromatic carbocycles. The quantitative estimate of drug-likeness (QED) is 0.833.